The van der Waals surface area contributed by atoms with E-state index in [1.807, 2.05) is 6.92 Å². The Labute approximate surface area is 136 Å². The van der Waals surface area contributed by atoms with E-state index in [1.54, 1.807) is 0 Å². The van der Waals surface area contributed by atoms with Crippen molar-refractivity contribution in [3.63, 3.8) is 0 Å². The molecule has 5 rings (SSSR count). The number of esters is 2. The monoisotopic (exact) mass is 316 g/mol. The van der Waals surface area contributed by atoms with E-state index in [2.05, 4.69) is 12.2 Å². The van der Waals surface area contributed by atoms with E-state index in [1.165, 1.54) is 12.8 Å². The fraction of sp³-hybridized carbons (Fsp3) is 0.789. The van der Waals surface area contributed by atoms with Gasteiger partial charge in [0, 0.05) is 6.42 Å². The van der Waals surface area contributed by atoms with Gasteiger partial charge >= 0.3 is 11.9 Å². The Morgan fingerprint density at radius 1 is 1.22 bits per heavy atom. The molecule has 8 unspecified atom stereocenters. The fourth-order valence-electron chi connectivity index (χ4n) is 6.52. The van der Waals surface area contributed by atoms with Gasteiger partial charge in [-0.2, -0.15) is 0 Å². The molecule has 4 nitrogen and oxygen atoms in total. The number of cyclic esters (lactones) is 1. The van der Waals surface area contributed by atoms with E-state index in [0.29, 0.717) is 36.7 Å². The minimum absolute atomic E-state index is 0.0556. The molecule has 23 heavy (non-hydrogen) atoms. The van der Waals surface area contributed by atoms with Crippen LogP contribution in [0, 0.1) is 41.4 Å². The minimum atomic E-state index is -0.664. The summed E-state index contributed by atoms with van der Waals surface area (Å²) in [5.41, 5.74) is -0.664. The molecule has 0 radical (unpaired) electrons. The van der Waals surface area contributed by atoms with Gasteiger partial charge in [0.05, 0.1) is 18.9 Å². The Morgan fingerprint density at radius 3 is 2.78 bits per heavy atom. The molecule has 0 spiro atoms. The van der Waals surface area contributed by atoms with Crippen LogP contribution in [-0.2, 0) is 19.1 Å². The lowest BCUT2D eigenvalue weighted by Crippen LogP contribution is -2.43. The number of hydrogen-bond donors (Lipinski definition) is 0. The summed E-state index contributed by atoms with van der Waals surface area (Å²) in [7, 11) is 0. The van der Waals surface area contributed by atoms with Gasteiger partial charge in [0.15, 0.2) is 0 Å². The van der Waals surface area contributed by atoms with E-state index in [-0.39, 0.29) is 24.3 Å². The van der Waals surface area contributed by atoms with Crippen molar-refractivity contribution in [2.24, 2.45) is 41.4 Å². The molecule has 1 heterocycles. The van der Waals surface area contributed by atoms with Crippen LogP contribution in [0.3, 0.4) is 0 Å². The summed E-state index contributed by atoms with van der Waals surface area (Å²) in [4.78, 5) is 24.3. The maximum absolute atomic E-state index is 12.8. The van der Waals surface area contributed by atoms with Gasteiger partial charge in [-0.3, -0.25) is 9.59 Å². The predicted molar refractivity (Wildman–Crippen MR) is 82.1 cm³/mol. The third kappa shape index (κ3) is 1.96. The summed E-state index contributed by atoms with van der Waals surface area (Å²) in [5.74, 6) is 4.01. The van der Waals surface area contributed by atoms with Gasteiger partial charge in [-0.1, -0.05) is 12.2 Å². The number of rotatable bonds is 2. The third-order valence-electron chi connectivity index (χ3n) is 7.33. The molecule has 3 saturated carbocycles. The van der Waals surface area contributed by atoms with Crippen LogP contribution in [0.15, 0.2) is 12.2 Å². The number of allylic oxidation sites excluding steroid dienone is 2. The summed E-state index contributed by atoms with van der Waals surface area (Å²) in [6.07, 6.45) is 9.16. The largest absolute Gasteiger partial charge is 0.465 e. The number of carbonyl (C=O) groups is 2. The quantitative estimate of drug-likeness (QED) is 0.446. The molecule has 1 aliphatic heterocycles. The van der Waals surface area contributed by atoms with E-state index in [4.69, 9.17) is 9.47 Å². The van der Waals surface area contributed by atoms with E-state index in [0.717, 1.165) is 18.3 Å². The lowest BCUT2D eigenvalue weighted by Gasteiger charge is -2.38. The zero-order valence-corrected chi connectivity index (χ0v) is 13.6. The van der Waals surface area contributed by atoms with Crippen LogP contribution in [0.1, 0.15) is 39.0 Å². The summed E-state index contributed by atoms with van der Waals surface area (Å²) in [5, 5.41) is 0. The van der Waals surface area contributed by atoms with Gasteiger partial charge in [0.25, 0.3) is 0 Å². The molecular formula is C19H24O4. The second-order valence-corrected chi connectivity index (χ2v) is 8.62. The smallest absolute Gasteiger partial charge is 0.309 e. The van der Waals surface area contributed by atoms with Crippen molar-refractivity contribution in [1.82, 2.24) is 0 Å². The van der Waals surface area contributed by atoms with E-state index in [9.17, 15) is 9.59 Å². The highest BCUT2D eigenvalue weighted by Gasteiger charge is 2.62. The molecule has 5 aliphatic rings. The van der Waals surface area contributed by atoms with Crippen LogP contribution in [0.5, 0.6) is 0 Å². The van der Waals surface area contributed by atoms with Crippen LogP contribution in [-0.4, -0.2) is 24.1 Å². The van der Waals surface area contributed by atoms with Crippen molar-refractivity contribution in [3.05, 3.63) is 12.2 Å². The Hall–Kier alpha value is -1.32. The van der Waals surface area contributed by atoms with Gasteiger partial charge in [0.2, 0.25) is 0 Å². The first-order chi connectivity index (χ1) is 11.0. The molecule has 0 aromatic carbocycles. The lowest BCUT2D eigenvalue weighted by atomic mass is 9.69. The highest BCUT2D eigenvalue weighted by atomic mass is 16.6. The Balaban J connectivity index is 1.31. The third-order valence-corrected chi connectivity index (χ3v) is 7.33. The predicted octanol–water partition coefficient (Wildman–Crippen LogP) is 2.72. The van der Waals surface area contributed by atoms with Crippen LogP contribution in [0.4, 0.5) is 0 Å². The molecule has 0 N–H and O–H groups in total. The van der Waals surface area contributed by atoms with Crippen molar-refractivity contribution >= 4 is 11.9 Å². The summed E-state index contributed by atoms with van der Waals surface area (Å²) in [6, 6.07) is 0. The number of fused-ring (bicyclic) bond motifs is 9. The van der Waals surface area contributed by atoms with Crippen LogP contribution in [0.2, 0.25) is 0 Å². The maximum Gasteiger partial charge on any atom is 0.309 e. The van der Waals surface area contributed by atoms with Gasteiger partial charge in [-0.25, -0.2) is 0 Å². The molecule has 0 aromatic heterocycles. The molecule has 0 amide bonds. The lowest BCUT2D eigenvalue weighted by molar-refractivity contribution is -0.180. The molecule has 124 valence electrons. The van der Waals surface area contributed by atoms with Crippen LogP contribution >= 0.6 is 0 Å². The van der Waals surface area contributed by atoms with Gasteiger partial charge in [0.1, 0.15) is 5.60 Å². The number of ether oxygens (including phenoxy) is 2. The van der Waals surface area contributed by atoms with Crippen molar-refractivity contribution in [1.29, 1.82) is 0 Å². The average Bonchev–Trinajstić information content (AvgIpc) is 3.25. The Kier molecular flexibility index (Phi) is 2.82. The van der Waals surface area contributed by atoms with E-state index >= 15 is 0 Å². The molecule has 4 heteroatoms. The van der Waals surface area contributed by atoms with Crippen molar-refractivity contribution in [3.8, 4) is 0 Å². The van der Waals surface area contributed by atoms with Gasteiger partial charge < -0.3 is 9.47 Å². The van der Waals surface area contributed by atoms with Crippen molar-refractivity contribution < 1.29 is 19.1 Å². The topological polar surface area (TPSA) is 52.6 Å². The average molecular weight is 316 g/mol. The zero-order chi connectivity index (χ0) is 15.8. The summed E-state index contributed by atoms with van der Waals surface area (Å²) in [6.45, 7) is 2.24. The first kappa shape index (κ1) is 14.1. The number of hydrogen-bond acceptors (Lipinski definition) is 4. The highest BCUT2D eigenvalue weighted by Crippen LogP contribution is 2.67. The maximum atomic E-state index is 12.8. The van der Waals surface area contributed by atoms with Gasteiger partial charge in [-0.15, -0.1) is 0 Å². The normalized spacial score (nSPS) is 52.6. The molecular weight excluding hydrogens is 292 g/mol. The molecule has 1 saturated heterocycles. The second kappa shape index (κ2) is 4.61. The minimum Gasteiger partial charge on any atom is -0.465 e. The molecule has 4 fully saturated rings. The van der Waals surface area contributed by atoms with Crippen molar-refractivity contribution in [2.45, 2.75) is 44.6 Å². The Bertz CT molecular complexity index is 596. The van der Waals surface area contributed by atoms with Gasteiger partial charge in [-0.05, 0) is 61.7 Å². The molecule has 8 atom stereocenters. The molecule has 4 aliphatic carbocycles. The van der Waals surface area contributed by atoms with Crippen LogP contribution in [0.25, 0.3) is 0 Å². The molecule has 4 bridgehead atoms. The zero-order valence-electron chi connectivity index (χ0n) is 13.6. The van der Waals surface area contributed by atoms with Crippen LogP contribution < -0.4 is 0 Å². The fourth-order valence-corrected chi connectivity index (χ4v) is 6.52. The first-order valence-corrected chi connectivity index (χ1v) is 9.11. The molecule has 0 aromatic rings. The summed E-state index contributed by atoms with van der Waals surface area (Å²) < 4.78 is 10.8. The second-order valence-electron chi connectivity index (χ2n) is 8.62. The van der Waals surface area contributed by atoms with Crippen molar-refractivity contribution in [2.75, 3.05) is 6.61 Å². The van der Waals surface area contributed by atoms with E-state index < -0.39 is 5.60 Å². The number of carbonyl (C=O) groups excluding carboxylic acids is 2. The SMILES string of the molecule is CC1(OC(=O)C2CC3CC2C2C4C=CC(C4)C32)CCOC(=O)C1. The Morgan fingerprint density at radius 2 is 2.00 bits per heavy atom. The highest BCUT2D eigenvalue weighted by molar-refractivity contribution is 5.76. The summed E-state index contributed by atoms with van der Waals surface area (Å²) >= 11 is 0. The standard InChI is InChI=1S/C19H24O4/c1-19(4-5-22-15(20)9-19)23-18(21)14-8-12-7-13(14)17-11-3-2-10(6-11)16(12)17/h2-3,10-14,16-17H,4-9H2,1H3. The first-order valence-electron chi connectivity index (χ1n) is 9.11.